The number of nitrogens with two attached hydrogens (primary N) is 1. The zero-order valence-electron chi connectivity index (χ0n) is 9.63. The fourth-order valence-corrected chi connectivity index (χ4v) is 0.999. The smallest absolute Gasteiger partial charge is 0.314 e. The Balaban J connectivity index is 3.76. The summed E-state index contributed by atoms with van der Waals surface area (Å²) in [6.07, 6.45) is -1.74. The first-order valence-electron chi connectivity index (χ1n) is 5.07. The van der Waals surface area contributed by atoms with Crippen LogP contribution >= 0.6 is 0 Å². The molecule has 96 valence electrons. The monoisotopic (exact) mass is 236 g/mol. The van der Waals surface area contributed by atoms with Crippen molar-refractivity contribution in [2.75, 3.05) is 26.3 Å². The van der Waals surface area contributed by atoms with Gasteiger partial charge in [-0.15, -0.1) is 0 Å². The molecule has 7 nitrogen and oxygen atoms in total. The number of nitrogens with zero attached hydrogens (tertiary/aromatic N) is 1. The van der Waals surface area contributed by atoms with E-state index in [4.69, 9.17) is 25.4 Å². The molecule has 7 heteroatoms. The number of carbonyl (C=O) groups excluding carboxylic acids is 1. The van der Waals surface area contributed by atoms with Crippen LogP contribution in [0.15, 0.2) is 0 Å². The largest absolute Gasteiger partial charge is 0.368 e. The van der Waals surface area contributed by atoms with E-state index in [-0.39, 0.29) is 26.3 Å². The van der Waals surface area contributed by atoms with Crippen molar-refractivity contribution in [3.8, 4) is 0 Å². The lowest BCUT2D eigenvalue weighted by molar-refractivity contribution is -0.0958. The summed E-state index contributed by atoms with van der Waals surface area (Å²) in [5.74, 6) is 0. The van der Waals surface area contributed by atoms with Crippen molar-refractivity contribution in [3.05, 3.63) is 0 Å². The van der Waals surface area contributed by atoms with Crippen molar-refractivity contribution >= 4 is 6.03 Å². The zero-order valence-corrected chi connectivity index (χ0v) is 9.63. The van der Waals surface area contributed by atoms with Crippen LogP contribution in [-0.2, 0) is 9.47 Å². The number of aliphatic hydroxyl groups excluding tert-OH is 2. The molecule has 2 atom stereocenters. The fraction of sp³-hybridized carbons (Fsp3) is 0.889. The van der Waals surface area contributed by atoms with E-state index >= 15 is 0 Å². The summed E-state index contributed by atoms with van der Waals surface area (Å²) in [6.45, 7) is 3.87. The van der Waals surface area contributed by atoms with Gasteiger partial charge in [-0.1, -0.05) is 0 Å². The highest BCUT2D eigenvalue weighted by Gasteiger charge is 2.10. The molecule has 2 unspecified atom stereocenters. The van der Waals surface area contributed by atoms with E-state index in [2.05, 4.69) is 0 Å². The molecule has 0 aromatic rings. The molecular weight excluding hydrogens is 216 g/mol. The summed E-state index contributed by atoms with van der Waals surface area (Å²) in [5, 5.41) is 17.7. The predicted octanol–water partition coefficient (Wildman–Crippen LogP) is -0.923. The highest BCUT2D eigenvalue weighted by Crippen LogP contribution is 1.93. The van der Waals surface area contributed by atoms with E-state index in [9.17, 15) is 4.79 Å². The third-order valence-electron chi connectivity index (χ3n) is 1.75. The standard InChI is InChI=1S/C9H20N2O5/c1-7(12)15-5-3-11(9(10)14)4-6-16-8(2)13/h7-8,12-13H,3-6H2,1-2H3,(H2,10,14). The van der Waals surface area contributed by atoms with Crippen LogP contribution in [0.2, 0.25) is 0 Å². The van der Waals surface area contributed by atoms with Gasteiger partial charge in [-0.2, -0.15) is 0 Å². The lowest BCUT2D eigenvalue weighted by Crippen LogP contribution is -2.40. The van der Waals surface area contributed by atoms with E-state index in [1.807, 2.05) is 0 Å². The molecule has 4 N–H and O–H groups in total. The van der Waals surface area contributed by atoms with E-state index < -0.39 is 18.6 Å². The minimum Gasteiger partial charge on any atom is -0.368 e. The molecular formula is C9H20N2O5. The molecule has 0 fully saturated rings. The Morgan fingerprint density at radius 3 is 1.81 bits per heavy atom. The van der Waals surface area contributed by atoms with Gasteiger partial charge in [-0.05, 0) is 13.8 Å². The van der Waals surface area contributed by atoms with Gasteiger partial charge in [0.1, 0.15) is 0 Å². The maximum atomic E-state index is 11.0. The van der Waals surface area contributed by atoms with Gasteiger partial charge in [0.15, 0.2) is 12.6 Å². The maximum Gasteiger partial charge on any atom is 0.314 e. The van der Waals surface area contributed by atoms with E-state index in [0.29, 0.717) is 0 Å². The average Bonchev–Trinajstić information content (AvgIpc) is 2.14. The first-order valence-corrected chi connectivity index (χ1v) is 5.07. The van der Waals surface area contributed by atoms with Gasteiger partial charge in [-0.3, -0.25) is 0 Å². The Hall–Kier alpha value is -0.890. The molecule has 0 aromatic heterocycles. The zero-order chi connectivity index (χ0) is 12.6. The molecule has 0 heterocycles. The Labute approximate surface area is 94.7 Å². The molecule has 0 radical (unpaired) electrons. The molecule has 0 bridgehead atoms. The van der Waals surface area contributed by atoms with Crippen molar-refractivity contribution < 1.29 is 24.5 Å². The van der Waals surface area contributed by atoms with Crippen molar-refractivity contribution in [1.29, 1.82) is 0 Å². The van der Waals surface area contributed by atoms with Crippen LogP contribution in [0.3, 0.4) is 0 Å². The summed E-state index contributed by atoms with van der Waals surface area (Å²) in [6, 6.07) is -0.594. The lowest BCUT2D eigenvalue weighted by atomic mass is 10.5. The van der Waals surface area contributed by atoms with Crippen LogP contribution in [0.5, 0.6) is 0 Å². The summed E-state index contributed by atoms with van der Waals surface area (Å²) < 4.78 is 9.73. The number of ether oxygens (including phenoxy) is 2. The number of primary amides is 1. The summed E-state index contributed by atoms with van der Waals surface area (Å²) in [7, 11) is 0. The van der Waals surface area contributed by atoms with Crippen molar-refractivity contribution in [1.82, 2.24) is 4.90 Å². The molecule has 0 spiro atoms. The van der Waals surface area contributed by atoms with Crippen molar-refractivity contribution in [2.45, 2.75) is 26.4 Å². The van der Waals surface area contributed by atoms with E-state index in [1.54, 1.807) is 0 Å². The van der Waals surface area contributed by atoms with E-state index in [0.717, 1.165) is 0 Å². The number of hydrogen-bond donors (Lipinski definition) is 3. The molecule has 0 aliphatic rings. The fourth-order valence-electron chi connectivity index (χ4n) is 0.999. The van der Waals surface area contributed by atoms with Crippen LogP contribution in [0.1, 0.15) is 13.8 Å². The Morgan fingerprint density at radius 1 is 1.19 bits per heavy atom. The number of hydrogen-bond acceptors (Lipinski definition) is 5. The van der Waals surface area contributed by atoms with Crippen LogP contribution < -0.4 is 5.73 Å². The van der Waals surface area contributed by atoms with Gasteiger partial charge in [0.25, 0.3) is 0 Å². The second kappa shape index (κ2) is 8.28. The number of aliphatic hydroxyl groups is 2. The third kappa shape index (κ3) is 8.42. The maximum absolute atomic E-state index is 11.0. The number of amides is 2. The quantitative estimate of drug-likeness (QED) is 0.472. The van der Waals surface area contributed by atoms with Gasteiger partial charge in [-0.25, -0.2) is 4.79 Å². The first kappa shape index (κ1) is 15.1. The third-order valence-corrected chi connectivity index (χ3v) is 1.75. The highest BCUT2D eigenvalue weighted by molar-refractivity contribution is 5.71. The van der Waals surface area contributed by atoms with Crippen molar-refractivity contribution in [3.63, 3.8) is 0 Å². The van der Waals surface area contributed by atoms with Crippen LogP contribution in [0.4, 0.5) is 4.79 Å². The molecule has 0 aliphatic heterocycles. The minimum atomic E-state index is -0.872. The average molecular weight is 236 g/mol. The molecule has 0 aliphatic carbocycles. The highest BCUT2D eigenvalue weighted by atomic mass is 16.6. The predicted molar refractivity (Wildman–Crippen MR) is 56.4 cm³/mol. The number of rotatable bonds is 8. The number of urea groups is 1. The normalized spacial score (nSPS) is 14.5. The second-order valence-electron chi connectivity index (χ2n) is 3.27. The minimum absolute atomic E-state index is 0.190. The van der Waals surface area contributed by atoms with Crippen LogP contribution in [-0.4, -0.2) is 60.0 Å². The Morgan fingerprint density at radius 2 is 1.56 bits per heavy atom. The number of carbonyl (C=O) groups is 1. The van der Waals surface area contributed by atoms with Crippen LogP contribution in [0, 0.1) is 0 Å². The van der Waals surface area contributed by atoms with Gasteiger partial charge in [0, 0.05) is 13.1 Å². The van der Waals surface area contributed by atoms with Crippen LogP contribution in [0.25, 0.3) is 0 Å². The first-order chi connectivity index (χ1) is 7.43. The molecule has 0 aromatic carbocycles. The summed E-state index contributed by atoms with van der Waals surface area (Å²) in [4.78, 5) is 12.3. The second-order valence-corrected chi connectivity index (χ2v) is 3.27. The van der Waals surface area contributed by atoms with Gasteiger partial charge >= 0.3 is 6.03 Å². The summed E-state index contributed by atoms with van der Waals surface area (Å²) in [5.41, 5.74) is 5.12. The van der Waals surface area contributed by atoms with E-state index in [1.165, 1.54) is 18.7 Å². The molecule has 0 saturated heterocycles. The Kier molecular flexibility index (Phi) is 7.82. The SMILES string of the molecule is CC(O)OCCN(CCOC(C)O)C(N)=O. The molecule has 16 heavy (non-hydrogen) atoms. The van der Waals surface area contributed by atoms with Gasteiger partial charge in [0.2, 0.25) is 0 Å². The molecule has 0 rings (SSSR count). The van der Waals surface area contributed by atoms with Crippen molar-refractivity contribution in [2.24, 2.45) is 5.73 Å². The Bertz CT molecular complexity index is 184. The van der Waals surface area contributed by atoms with Gasteiger partial charge < -0.3 is 30.3 Å². The summed E-state index contributed by atoms with van der Waals surface area (Å²) >= 11 is 0. The lowest BCUT2D eigenvalue weighted by Gasteiger charge is -2.21. The topological polar surface area (TPSA) is 105 Å². The molecule has 0 saturated carbocycles. The van der Waals surface area contributed by atoms with Gasteiger partial charge in [0.05, 0.1) is 13.2 Å². The molecule has 2 amide bonds.